The summed E-state index contributed by atoms with van der Waals surface area (Å²) in [5, 5.41) is 12.0. The number of nitrogens with two attached hydrogens (primary N) is 1. The number of methoxy groups -OCH3 is 1. The monoisotopic (exact) mass is 245 g/mol. The second-order valence-corrected chi connectivity index (χ2v) is 4.87. The van der Waals surface area contributed by atoms with E-state index in [0.29, 0.717) is 11.4 Å². The van der Waals surface area contributed by atoms with E-state index in [4.69, 9.17) is 10.5 Å². The van der Waals surface area contributed by atoms with Crippen LogP contribution in [0, 0.1) is 0 Å². The zero-order valence-corrected chi connectivity index (χ0v) is 10.4. The predicted octanol–water partition coefficient (Wildman–Crippen LogP) is 1.44. The van der Waals surface area contributed by atoms with Gasteiger partial charge in [0.2, 0.25) is 0 Å². The van der Waals surface area contributed by atoms with Crippen molar-refractivity contribution in [1.29, 1.82) is 0 Å². The first-order valence-electron chi connectivity index (χ1n) is 5.87. The zero-order valence-electron chi connectivity index (χ0n) is 10.4. The number of tetrazole rings is 1. The van der Waals surface area contributed by atoms with Gasteiger partial charge in [0, 0.05) is 5.56 Å². The summed E-state index contributed by atoms with van der Waals surface area (Å²) in [5.41, 5.74) is 7.39. The second kappa shape index (κ2) is 3.69. The molecule has 0 amide bonds. The van der Waals surface area contributed by atoms with Crippen LogP contribution >= 0.6 is 0 Å². The highest BCUT2D eigenvalue weighted by Crippen LogP contribution is 2.44. The Balaban J connectivity index is 2.07. The Morgan fingerprint density at radius 2 is 2.17 bits per heavy atom. The lowest BCUT2D eigenvalue weighted by atomic mass is 10.1. The highest BCUT2D eigenvalue weighted by Gasteiger charge is 2.42. The molecule has 0 spiro atoms. The van der Waals surface area contributed by atoms with Gasteiger partial charge in [-0.15, -0.1) is 5.10 Å². The highest BCUT2D eigenvalue weighted by molar-refractivity contribution is 5.65. The van der Waals surface area contributed by atoms with Gasteiger partial charge in [-0.2, -0.15) is 0 Å². The highest BCUT2D eigenvalue weighted by atomic mass is 16.5. The number of hydrogen-bond acceptors (Lipinski definition) is 5. The number of anilines is 1. The minimum absolute atomic E-state index is 0.0630. The summed E-state index contributed by atoms with van der Waals surface area (Å²) in [6.45, 7) is 2.15. The molecule has 18 heavy (non-hydrogen) atoms. The molecule has 1 aliphatic rings. The Morgan fingerprint density at radius 3 is 2.83 bits per heavy atom. The molecule has 3 rings (SSSR count). The molecule has 1 heterocycles. The van der Waals surface area contributed by atoms with Crippen LogP contribution in [0.15, 0.2) is 18.2 Å². The van der Waals surface area contributed by atoms with Gasteiger partial charge in [0.25, 0.3) is 0 Å². The summed E-state index contributed by atoms with van der Waals surface area (Å²) in [4.78, 5) is 0. The van der Waals surface area contributed by atoms with E-state index in [0.717, 1.165) is 24.2 Å². The Hall–Kier alpha value is -2.11. The maximum atomic E-state index is 5.81. The minimum Gasteiger partial charge on any atom is -0.495 e. The Kier molecular flexibility index (Phi) is 2.26. The van der Waals surface area contributed by atoms with Crippen LogP contribution in [-0.4, -0.2) is 27.3 Å². The van der Waals surface area contributed by atoms with Crippen molar-refractivity contribution >= 4 is 5.69 Å². The van der Waals surface area contributed by atoms with Gasteiger partial charge < -0.3 is 10.5 Å². The molecule has 0 saturated heterocycles. The molecule has 2 N–H and O–H groups in total. The van der Waals surface area contributed by atoms with Gasteiger partial charge in [0.05, 0.1) is 18.3 Å². The minimum atomic E-state index is 0.0630. The summed E-state index contributed by atoms with van der Waals surface area (Å²) in [6.07, 6.45) is 2.22. The first kappa shape index (κ1) is 11.0. The third-order valence-electron chi connectivity index (χ3n) is 3.45. The smallest absolute Gasteiger partial charge is 0.182 e. The van der Waals surface area contributed by atoms with E-state index >= 15 is 0 Å². The fourth-order valence-corrected chi connectivity index (χ4v) is 1.97. The fraction of sp³-hybridized carbons (Fsp3) is 0.417. The lowest BCUT2D eigenvalue weighted by molar-refractivity contribution is 0.417. The molecule has 0 aliphatic heterocycles. The molecular formula is C12H15N5O. The van der Waals surface area contributed by atoms with Crippen molar-refractivity contribution in [3.8, 4) is 17.1 Å². The Bertz CT molecular complexity index is 588. The summed E-state index contributed by atoms with van der Waals surface area (Å²) in [6, 6.07) is 5.58. The van der Waals surface area contributed by atoms with Crippen LogP contribution in [0.5, 0.6) is 5.75 Å². The van der Waals surface area contributed by atoms with E-state index in [-0.39, 0.29) is 5.54 Å². The van der Waals surface area contributed by atoms with Gasteiger partial charge in [-0.05, 0) is 48.4 Å². The number of rotatable bonds is 3. The maximum Gasteiger partial charge on any atom is 0.182 e. The first-order chi connectivity index (χ1) is 8.64. The van der Waals surface area contributed by atoms with E-state index in [1.165, 1.54) is 0 Å². The van der Waals surface area contributed by atoms with Gasteiger partial charge in [0.15, 0.2) is 5.82 Å². The van der Waals surface area contributed by atoms with Crippen LogP contribution in [0.4, 0.5) is 5.69 Å². The number of nitrogens with zero attached hydrogens (tertiary/aromatic N) is 4. The average molecular weight is 245 g/mol. The third kappa shape index (κ3) is 1.61. The molecule has 0 radical (unpaired) electrons. The van der Waals surface area contributed by atoms with E-state index < -0.39 is 0 Å². The zero-order chi connectivity index (χ0) is 12.8. The van der Waals surface area contributed by atoms with Crippen LogP contribution < -0.4 is 10.5 Å². The van der Waals surface area contributed by atoms with E-state index in [9.17, 15) is 0 Å². The molecule has 94 valence electrons. The number of benzene rings is 1. The number of nitrogen functional groups attached to an aromatic ring is 1. The molecule has 1 saturated carbocycles. The van der Waals surface area contributed by atoms with Crippen LogP contribution in [0.1, 0.15) is 19.8 Å². The van der Waals surface area contributed by atoms with Gasteiger partial charge in [-0.1, -0.05) is 0 Å². The standard InChI is InChI=1S/C12H15N5O/c1-12(5-6-12)17-11(14-15-16-17)8-3-4-9(13)10(7-8)18-2/h3-4,7H,5-6,13H2,1-2H3. The lowest BCUT2D eigenvalue weighted by Gasteiger charge is -2.12. The SMILES string of the molecule is COc1cc(-c2nnnn2C2(C)CC2)ccc1N. The molecule has 0 unspecified atom stereocenters. The molecule has 0 atom stereocenters. The molecule has 1 aliphatic carbocycles. The van der Waals surface area contributed by atoms with Gasteiger partial charge in [-0.25, -0.2) is 4.68 Å². The van der Waals surface area contributed by atoms with Gasteiger partial charge >= 0.3 is 0 Å². The van der Waals surface area contributed by atoms with Crippen molar-refractivity contribution in [3.63, 3.8) is 0 Å². The van der Waals surface area contributed by atoms with E-state index in [2.05, 4.69) is 22.4 Å². The van der Waals surface area contributed by atoms with Crippen molar-refractivity contribution in [1.82, 2.24) is 20.2 Å². The number of hydrogen-bond donors (Lipinski definition) is 1. The van der Waals surface area contributed by atoms with Crippen molar-refractivity contribution in [3.05, 3.63) is 18.2 Å². The molecule has 1 aromatic heterocycles. The predicted molar refractivity (Wildman–Crippen MR) is 67.1 cm³/mol. The van der Waals surface area contributed by atoms with Crippen LogP contribution in [-0.2, 0) is 5.54 Å². The maximum absolute atomic E-state index is 5.81. The lowest BCUT2D eigenvalue weighted by Crippen LogP contribution is -2.15. The van der Waals surface area contributed by atoms with E-state index in [1.807, 2.05) is 22.9 Å². The van der Waals surface area contributed by atoms with E-state index in [1.54, 1.807) is 7.11 Å². The molecular weight excluding hydrogens is 230 g/mol. The van der Waals surface area contributed by atoms with Crippen molar-refractivity contribution in [2.24, 2.45) is 0 Å². The average Bonchev–Trinajstić information content (AvgIpc) is 2.94. The van der Waals surface area contributed by atoms with Crippen LogP contribution in [0.3, 0.4) is 0 Å². The molecule has 0 bridgehead atoms. The molecule has 2 aromatic rings. The second-order valence-electron chi connectivity index (χ2n) is 4.87. The molecule has 6 heteroatoms. The first-order valence-corrected chi connectivity index (χ1v) is 5.87. The Labute approximate surface area is 105 Å². The molecule has 6 nitrogen and oxygen atoms in total. The number of aromatic nitrogens is 4. The summed E-state index contributed by atoms with van der Waals surface area (Å²) in [5.74, 6) is 1.40. The normalized spacial score (nSPS) is 16.6. The fourth-order valence-electron chi connectivity index (χ4n) is 1.97. The molecule has 1 aromatic carbocycles. The quantitative estimate of drug-likeness (QED) is 0.828. The van der Waals surface area contributed by atoms with Crippen molar-refractivity contribution in [2.45, 2.75) is 25.3 Å². The summed E-state index contributed by atoms with van der Waals surface area (Å²) < 4.78 is 7.11. The van der Waals surface area contributed by atoms with Gasteiger partial charge in [-0.3, -0.25) is 0 Å². The summed E-state index contributed by atoms with van der Waals surface area (Å²) in [7, 11) is 1.60. The van der Waals surface area contributed by atoms with Gasteiger partial charge in [0.1, 0.15) is 5.75 Å². The van der Waals surface area contributed by atoms with Crippen LogP contribution in [0.25, 0.3) is 11.4 Å². The topological polar surface area (TPSA) is 78.9 Å². The third-order valence-corrected chi connectivity index (χ3v) is 3.45. The van der Waals surface area contributed by atoms with Crippen molar-refractivity contribution < 1.29 is 4.74 Å². The summed E-state index contributed by atoms with van der Waals surface area (Å²) >= 11 is 0. The Morgan fingerprint density at radius 1 is 1.39 bits per heavy atom. The van der Waals surface area contributed by atoms with Crippen LogP contribution in [0.2, 0.25) is 0 Å². The largest absolute Gasteiger partial charge is 0.495 e. The molecule has 1 fully saturated rings. The van der Waals surface area contributed by atoms with Crippen molar-refractivity contribution in [2.75, 3.05) is 12.8 Å². The number of ether oxygens (including phenoxy) is 1.